The summed E-state index contributed by atoms with van der Waals surface area (Å²) in [6.45, 7) is 1.60. The van der Waals surface area contributed by atoms with Crippen LogP contribution in [0.15, 0.2) is 36.4 Å². The van der Waals surface area contributed by atoms with Crippen molar-refractivity contribution in [2.75, 3.05) is 11.5 Å². The molecular formula is C17H11F2NO4. The number of esters is 1. The van der Waals surface area contributed by atoms with Crippen molar-refractivity contribution in [2.24, 2.45) is 0 Å². The lowest BCUT2D eigenvalue weighted by Crippen LogP contribution is -2.31. The summed E-state index contributed by atoms with van der Waals surface area (Å²) in [4.78, 5) is 36.6. The Balaban J connectivity index is 2.07. The highest BCUT2D eigenvalue weighted by Gasteiger charge is 2.39. The molecule has 24 heavy (non-hydrogen) atoms. The standard InChI is InChI=1S/C17H11F2NO4/c1-2-24-17(23)9-7-12(18)14(13(19)8-9)20-15(21)10-5-3-4-6-11(10)16(20)22/h3-8H,2H2,1H3. The van der Waals surface area contributed by atoms with Crippen LogP contribution in [-0.2, 0) is 4.74 Å². The Hall–Kier alpha value is -3.09. The Morgan fingerprint density at radius 1 is 1.04 bits per heavy atom. The topological polar surface area (TPSA) is 63.7 Å². The molecule has 0 aliphatic carbocycles. The number of hydrogen-bond donors (Lipinski definition) is 0. The predicted octanol–water partition coefficient (Wildman–Crippen LogP) is 2.94. The third-order valence-corrected chi connectivity index (χ3v) is 3.55. The molecule has 2 aromatic carbocycles. The van der Waals surface area contributed by atoms with Crippen molar-refractivity contribution in [3.8, 4) is 0 Å². The molecule has 1 aliphatic rings. The Kier molecular flexibility index (Phi) is 3.84. The van der Waals surface area contributed by atoms with E-state index in [0.717, 1.165) is 12.1 Å². The number of carbonyl (C=O) groups is 3. The van der Waals surface area contributed by atoms with Crippen LogP contribution in [0.5, 0.6) is 0 Å². The molecule has 122 valence electrons. The normalized spacial score (nSPS) is 13.2. The van der Waals surface area contributed by atoms with Gasteiger partial charge < -0.3 is 4.74 Å². The zero-order valence-electron chi connectivity index (χ0n) is 12.5. The van der Waals surface area contributed by atoms with Crippen molar-refractivity contribution in [1.82, 2.24) is 0 Å². The first-order chi connectivity index (χ1) is 11.5. The van der Waals surface area contributed by atoms with E-state index in [-0.39, 0.29) is 23.3 Å². The summed E-state index contributed by atoms with van der Waals surface area (Å²) in [5.74, 6) is -4.95. The minimum Gasteiger partial charge on any atom is -0.462 e. The highest BCUT2D eigenvalue weighted by molar-refractivity contribution is 6.34. The van der Waals surface area contributed by atoms with Gasteiger partial charge in [0, 0.05) is 0 Å². The lowest BCUT2D eigenvalue weighted by atomic mass is 10.1. The van der Waals surface area contributed by atoms with Crippen molar-refractivity contribution in [3.63, 3.8) is 0 Å². The van der Waals surface area contributed by atoms with Crippen LogP contribution < -0.4 is 4.90 Å². The molecule has 0 fully saturated rings. The third kappa shape index (κ3) is 2.34. The predicted molar refractivity (Wildman–Crippen MR) is 79.9 cm³/mol. The fourth-order valence-corrected chi connectivity index (χ4v) is 2.50. The molecule has 0 N–H and O–H groups in total. The lowest BCUT2D eigenvalue weighted by molar-refractivity contribution is 0.0525. The number of anilines is 1. The Bertz CT molecular complexity index is 821. The van der Waals surface area contributed by atoms with Gasteiger partial charge in [-0.25, -0.2) is 18.5 Å². The number of rotatable bonds is 3. The molecule has 5 nitrogen and oxygen atoms in total. The van der Waals surface area contributed by atoms with Crippen molar-refractivity contribution in [2.45, 2.75) is 6.92 Å². The monoisotopic (exact) mass is 331 g/mol. The van der Waals surface area contributed by atoms with E-state index in [9.17, 15) is 23.2 Å². The van der Waals surface area contributed by atoms with E-state index in [1.54, 1.807) is 19.1 Å². The maximum atomic E-state index is 14.3. The molecule has 1 heterocycles. The van der Waals surface area contributed by atoms with Gasteiger partial charge in [0.2, 0.25) is 0 Å². The van der Waals surface area contributed by atoms with Crippen molar-refractivity contribution in [1.29, 1.82) is 0 Å². The molecule has 3 rings (SSSR count). The molecule has 0 radical (unpaired) electrons. The fourth-order valence-electron chi connectivity index (χ4n) is 2.50. The zero-order valence-corrected chi connectivity index (χ0v) is 12.5. The third-order valence-electron chi connectivity index (χ3n) is 3.55. The van der Waals surface area contributed by atoms with E-state index in [2.05, 4.69) is 4.74 Å². The van der Waals surface area contributed by atoms with Gasteiger partial charge in [-0.05, 0) is 31.2 Å². The largest absolute Gasteiger partial charge is 0.462 e. The Labute approximate surface area is 135 Å². The van der Waals surface area contributed by atoms with Crippen LogP contribution in [0.3, 0.4) is 0 Å². The summed E-state index contributed by atoms with van der Waals surface area (Å²) >= 11 is 0. The molecule has 0 saturated carbocycles. The van der Waals surface area contributed by atoms with E-state index in [0.29, 0.717) is 4.90 Å². The quantitative estimate of drug-likeness (QED) is 0.641. The van der Waals surface area contributed by atoms with Crippen molar-refractivity contribution in [3.05, 3.63) is 64.7 Å². The molecule has 2 aromatic rings. The van der Waals surface area contributed by atoms with Gasteiger partial charge in [0.05, 0.1) is 23.3 Å². The van der Waals surface area contributed by atoms with Crippen molar-refractivity contribution < 1.29 is 27.9 Å². The summed E-state index contributed by atoms with van der Waals surface area (Å²) in [7, 11) is 0. The Morgan fingerprint density at radius 3 is 2.00 bits per heavy atom. The van der Waals surface area contributed by atoms with E-state index in [1.165, 1.54) is 12.1 Å². The van der Waals surface area contributed by atoms with Gasteiger partial charge in [0.15, 0.2) is 11.6 Å². The molecule has 1 aliphatic heterocycles. The lowest BCUT2D eigenvalue weighted by Gasteiger charge is -2.16. The maximum Gasteiger partial charge on any atom is 0.338 e. The minimum atomic E-state index is -1.20. The van der Waals surface area contributed by atoms with E-state index in [4.69, 9.17) is 0 Å². The smallest absolute Gasteiger partial charge is 0.338 e. The molecule has 0 aromatic heterocycles. The van der Waals surface area contributed by atoms with Crippen LogP contribution >= 0.6 is 0 Å². The van der Waals surface area contributed by atoms with Gasteiger partial charge in [-0.2, -0.15) is 0 Å². The number of benzene rings is 2. The number of halogens is 2. The maximum absolute atomic E-state index is 14.3. The molecule has 2 amide bonds. The van der Waals surface area contributed by atoms with Crippen LogP contribution in [-0.4, -0.2) is 24.4 Å². The number of imide groups is 1. The van der Waals surface area contributed by atoms with Crippen LogP contribution in [0.4, 0.5) is 14.5 Å². The van der Waals surface area contributed by atoms with Gasteiger partial charge in [0.25, 0.3) is 11.8 Å². The molecule has 0 bridgehead atoms. The van der Waals surface area contributed by atoms with E-state index < -0.39 is 35.1 Å². The first-order valence-corrected chi connectivity index (χ1v) is 7.09. The second-order valence-electron chi connectivity index (χ2n) is 5.00. The zero-order chi connectivity index (χ0) is 17.4. The van der Waals surface area contributed by atoms with Gasteiger partial charge >= 0.3 is 5.97 Å². The average molecular weight is 331 g/mol. The SMILES string of the molecule is CCOC(=O)c1cc(F)c(N2C(=O)c3ccccc3C2=O)c(F)c1. The molecule has 0 spiro atoms. The molecule has 7 heteroatoms. The molecular weight excluding hydrogens is 320 g/mol. The summed E-state index contributed by atoms with van der Waals surface area (Å²) in [5, 5.41) is 0. The summed E-state index contributed by atoms with van der Waals surface area (Å²) in [6, 6.07) is 7.37. The van der Waals surface area contributed by atoms with Gasteiger partial charge in [0.1, 0.15) is 5.69 Å². The van der Waals surface area contributed by atoms with Crippen molar-refractivity contribution >= 4 is 23.5 Å². The second kappa shape index (κ2) is 5.84. The first kappa shape index (κ1) is 15.8. The molecule has 0 saturated heterocycles. The fraction of sp³-hybridized carbons (Fsp3) is 0.118. The second-order valence-corrected chi connectivity index (χ2v) is 5.00. The summed E-state index contributed by atoms with van der Waals surface area (Å²) in [6.07, 6.45) is 0. The minimum absolute atomic E-state index is 0.0439. The Morgan fingerprint density at radius 2 is 1.54 bits per heavy atom. The van der Waals surface area contributed by atoms with Crippen LogP contribution in [0.25, 0.3) is 0 Å². The van der Waals surface area contributed by atoms with Crippen LogP contribution in [0.1, 0.15) is 38.0 Å². The first-order valence-electron chi connectivity index (χ1n) is 7.09. The highest BCUT2D eigenvalue weighted by Crippen LogP contribution is 2.32. The number of nitrogens with zero attached hydrogens (tertiary/aromatic N) is 1. The number of carbonyl (C=O) groups excluding carboxylic acids is 3. The van der Waals surface area contributed by atoms with Gasteiger partial charge in [-0.15, -0.1) is 0 Å². The van der Waals surface area contributed by atoms with Gasteiger partial charge in [-0.3, -0.25) is 9.59 Å². The summed E-state index contributed by atoms with van der Waals surface area (Å²) in [5.41, 5.74) is -1.02. The average Bonchev–Trinajstić information content (AvgIpc) is 2.80. The molecule has 0 atom stereocenters. The molecule has 0 unspecified atom stereocenters. The summed E-state index contributed by atoms with van der Waals surface area (Å²) < 4.78 is 33.4. The number of fused-ring (bicyclic) bond motifs is 1. The van der Waals surface area contributed by atoms with E-state index >= 15 is 0 Å². The number of ether oxygens (including phenoxy) is 1. The van der Waals surface area contributed by atoms with Gasteiger partial charge in [-0.1, -0.05) is 12.1 Å². The highest BCUT2D eigenvalue weighted by atomic mass is 19.1. The van der Waals surface area contributed by atoms with Crippen LogP contribution in [0.2, 0.25) is 0 Å². The van der Waals surface area contributed by atoms with E-state index in [1.807, 2.05) is 0 Å². The number of amides is 2. The number of hydrogen-bond acceptors (Lipinski definition) is 4. The van der Waals surface area contributed by atoms with Crippen LogP contribution in [0, 0.1) is 11.6 Å².